The van der Waals surface area contributed by atoms with Gasteiger partial charge in [-0.1, -0.05) is 34.5 Å². The Balaban J connectivity index is 1.51. The highest BCUT2D eigenvalue weighted by molar-refractivity contribution is 9.10. The largest absolute Gasteiger partial charge is 0.481 e. The molecule has 0 unspecified atom stereocenters. The summed E-state index contributed by atoms with van der Waals surface area (Å²) in [6.45, 7) is 1.47. The van der Waals surface area contributed by atoms with Crippen molar-refractivity contribution in [3.63, 3.8) is 0 Å². The van der Waals surface area contributed by atoms with Crippen molar-refractivity contribution < 1.29 is 14.7 Å². The van der Waals surface area contributed by atoms with Crippen molar-refractivity contribution in [3.05, 3.63) is 34.3 Å². The van der Waals surface area contributed by atoms with Gasteiger partial charge in [0.2, 0.25) is 0 Å². The second-order valence-corrected chi connectivity index (χ2v) is 7.46. The SMILES string of the molecule is O=C(NCCc1ccc(Br)cc1)N1C[C@@H]2CCC[C@@]2(C(=O)O)C1. The molecule has 0 bridgehead atoms. The lowest BCUT2D eigenvalue weighted by Gasteiger charge is -2.23. The van der Waals surface area contributed by atoms with E-state index in [9.17, 15) is 14.7 Å². The molecule has 2 N–H and O–H groups in total. The van der Waals surface area contributed by atoms with Gasteiger partial charge in [0, 0.05) is 24.1 Å². The average Bonchev–Trinajstić information content (AvgIpc) is 3.07. The molecule has 0 radical (unpaired) electrons. The zero-order chi connectivity index (χ0) is 16.4. The molecule has 1 aromatic rings. The van der Waals surface area contributed by atoms with Crippen molar-refractivity contribution in [1.82, 2.24) is 10.2 Å². The van der Waals surface area contributed by atoms with Crippen molar-refractivity contribution in [2.45, 2.75) is 25.7 Å². The summed E-state index contributed by atoms with van der Waals surface area (Å²) in [5, 5.41) is 12.5. The smallest absolute Gasteiger partial charge is 0.317 e. The van der Waals surface area contributed by atoms with Crippen molar-refractivity contribution in [1.29, 1.82) is 0 Å². The molecular weight excluding hydrogens is 360 g/mol. The zero-order valence-electron chi connectivity index (χ0n) is 12.9. The van der Waals surface area contributed by atoms with E-state index in [1.54, 1.807) is 4.90 Å². The van der Waals surface area contributed by atoms with Crippen LogP contribution in [0.1, 0.15) is 24.8 Å². The van der Waals surface area contributed by atoms with Crippen LogP contribution < -0.4 is 5.32 Å². The zero-order valence-corrected chi connectivity index (χ0v) is 14.5. The molecule has 5 nitrogen and oxygen atoms in total. The van der Waals surface area contributed by atoms with Crippen LogP contribution in [0.3, 0.4) is 0 Å². The van der Waals surface area contributed by atoms with Crippen LogP contribution in [0, 0.1) is 11.3 Å². The fourth-order valence-electron chi connectivity index (χ4n) is 3.87. The Morgan fingerprint density at radius 1 is 1.35 bits per heavy atom. The molecule has 0 spiro atoms. The van der Waals surface area contributed by atoms with Crippen LogP contribution in [0.4, 0.5) is 4.79 Å². The van der Waals surface area contributed by atoms with E-state index < -0.39 is 11.4 Å². The number of likely N-dealkylation sites (tertiary alicyclic amines) is 1. The summed E-state index contributed by atoms with van der Waals surface area (Å²) in [6.07, 6.45) is 3.32. The van der Waals surface area contributed by atoms with Crippen molar-refractivity contribution in [2.75, 3.05) is 19.6 Å². The Morgan fingerprint density at radius 3 is 2.74 bits per heavy atom. The molecule has 1 aliphatic carbocycles. The van der Waals surface area contributed by atoms with E-state index in [2.05, 4.69) is 21.2 Å². The highest BCUT2D eigenvalue weighted by atomic mass is 79.9. The molecule has 2 atom stereocenters. The van der Waals surface area contributed by atoms with Gasteiger partial charge in [-0.15, -0.1) is 0 Å². The molecule has 2 aliphatic rings. The molecule has 1 saturated heterocycles. The molecule has 1 heterocycles. The molecule has 0 aromatic heterocycles. The molecule has 124 valence electrons. The topological polar surface area (TPSA) is 69.6 Å². The first-order valence-corrected chi connectivity index (χ1v) is 8.81. The third kappa shape index (κ3) is 3.22. The number of hydrogen-bond acceptors (Lipinski definition) is 2. The maximum absolute atomic E-state index is 12.3. The Bertz CT molecular complexity index is 604. The number of nitrogens with zero attached hydrogens (tertiary/aromatic N) is 1. The number of carbonyl (C=O) groups excluding carboxylic acids is 1. The van der Waals surface area contributed by atoms with Gasteiger partial charge in [-0.05, 0) is 42.9 Å². The number of carboxylic acids is 1. The van der Waals surface area contributed by atoms with Gasteiger partial charge in [-0.2, -0.15) is 0 Å². The quantitative estimate of drug-likeness (QED) is 0.843. The summed E-state index contributed by atoms with van der Waals surface area (Å²) in [5.74, 6) is -0.637. The van der Waals surface area contributed by atoms with Crippen molar-refractivity contribution >= 4 is 27.9 Å². The van der Waals surface area contributed by atoms with Gasteiger partial charge in [0.05, 0.1) is 5.41 Å². The second kappa shape index (κ2) is 6.51. The minimum atomic E-state index is -0.745. The third-order valence-electron chi connectivity index (χ3n) is 5.19. The maximum Gasteiger partial charge on any atom is 0.317 e. The van der Waals surface area contributed by atoms with E-state index in [0.29, 0.717) is 26.1 Å². The normalized spacial score (nSPS) is 26.1. The lowest BCUT2D eigenvalue weighted by molar-refractivity contribution is -0.149. The van der Waals surface area contributed by atoms with Gasteiger partial charge in [-0.25, -0.2) is 4.79 Å². The van der Waals surface area contributed by atoms with E-state index >= 15 is 0 Å². The van der Waals surface area contributed by atoms with E-state index in [0.717, 1.165) is 29.3 Å². The van der Waals surface area contributed by atoms with Crippen LogP contribution in [-0.2, 0) is 11.2 Å². The lowest BCUT2D eigenvalue weighted by Crippen LogP contribution is -2.42. The second-order valence-electron chi connectivity index (χ2n) is 6.54. The van der Waals surface area contributed by atoms with E-state index in [-0.39, 0.29) is 11.9 Å². The highest BCUT2D eigenvalue weighted by Crippen LogP contribution is 2.48. The molecule has 23 heavy (non-hydrogen) atoms. The fraction of sp³-hybridized carbons (Fsp3) is 0.529. The minimum Gasteiger partial charge on any atom is -0.481 e. The Morgan fingerprint density at radius 2 is 2.09 bits per heavy atom. The number of carboxylic acid groups (broad SMARTS) is 1. The number of fused-ring (bicyclic) bond motifs is 1. The maximum atomic E-state index is 12.3. The molecule has 1 aliphatic heterocycles. The number of urea groups is 1. The van der Waals surface area contributed by atoms with Crippen LogP contribution in [0.2, 0.25) is 0 Å². The standard InChI is InChI=1S/C17H21BrN2O3/c18-14-5-3-12(4-6-14)7-9-19-16(23)20-10-13-2-1-8-17(13,11-20)15(21)22/h3-6,13H,1-2,7-11H2,(H,19,23)(H,21,22)/t13-,17+/m0/s1. The third-order valence-corrected chi connectivity index (χ3v) is 5.72. The first-order valence-electron chi connectivity index (χ1n) is 8.02. The number of amides is 2. The number of nitrogens with one attached hydrogen (secondary N) is 1. The van der Waals surface area contributed by atoms with Crippen LogP contribution in [-0.4, -0.2) is 41.6 Å². The summed E-state index contributed by atoms with van der Waals surface area (Å²) in [5.41, 5.74) is 0.456. The van der Waals surface area contributed by atoms with Crippen LogP contribution in [0.25, 0.3) is 0 Å². The Hall–Kier alpha value is -1.56. The number of hydrogen-bond donors (Lipinski definition) is 2. The first-order chi connectivity index (χ1) is 11.0. The highest BCUT2D eigenvalue weighted by Gasteiger charge is 2.55. The summed E-state index contributed by atoms with van der Waals surface area (Å²) in [4.78, 5) is 25.6. The minimum absolute atomic E-state index is 0.109. The number of benzene rings is 1. The molecule has 1 saturated carbocycles. The van der Waals surface area contributed by atoms with Gasteiger partial charge in [-0.3, -0.25) is 4.79 Å². The van der Waals surface area contributed by atoms with E-state index in [1.165, 1.54) is 0 Å². The van der Waals surface area contributed by atoms with Gasteiger partial charge < -0.3 is 15.3 Å². The number of rotatable bonds is 4. The molecule has 2 fully saturated rings. The van der Waals surface area contributed by atoms with Gasteiger partial charge in [0.25, 0.3) is 0 Å². The lowest BCUT2D eigenvalue weighted by atomic mass is 9.81. The first kappa shape index (κ1) is 16.3. The predicted octanol–water partition coefficient (Wildman–Crippen LogP) is 2.89. The Kier molecular flexibility index (Phi) is 4.62. The van der Waals surface area contributed by atoms with Crippen LogP contribution >= 0.6 is 15.9 Å². The molecule has 6 heteroatoms. The van der Waals surface area contributed by atoms with Crippen molar-refractivity contribution in [3.8, 4) is 0 Å². The summed E-state index contributed by atoms with van der Waals surface area (Å²) < 4.78 is 1.04. The van der Waals surface area contributed by atoms with Gasteiger partial charge in [0.15, 0.2) is 0 Å². The Labute approximate surface area is 144 Å². The summed E-state index contributed by atoms with van der Waals surface area (Å²) >= 11 is 3.40. The van der Waals surface area contributed by atoms with E-state index in [1.807, 2.05) is 24.3 Å². The monoisotopic (exact) mass is 380 g/mol. The predicted molar refractivity (Wildman–Crippen MR) is 90.2 cm³/mol. The fourth-order valence-corrected chi connectivity index (χ4v) is 4.13. The van der Waals surface area contributed by atoms with E-state index in [4.69, 9.17) is 0 Å². The molecular formula is C17H21BrN2O3. The van der Waals surface area contributed by atoms with Gasteiger partial charge in [0.1, 0.15) is 0 Å². The average molecular weight is 381 g/mol. The van der Waals surface area contributed by atoms with Gasteiger partial charge >= 0.3 is 12.0 Å². The number of aliphatic carboxylic acids is 1. The molecule has 1 aromatic carbocycles. The summed E-state index contributed by atoms with van der Waals surface area (Å²) in [6, 6.07) is 7.87. The van der Waals surface area contributed by atoms with Crippen molar-refractivity contribution in [2.24, 2.45) is 11.3 Å². The van der Waals surface area contributed by atoms with Crippen LogP contribution in [0.15, 0.2) is 28.7 Å². The molecule has 3 rings (SSSR count). The number of carbonyl (C=O) groups is 2. The number of halogens is 1. The van der Waals surface area contributed by atoms with Crippen LogP contribution in [0.5, 0.6) is 0 Å². The molecule has 2 amide bonds. The summed E-state index contributed by atoms with van der Waals surface area (Å²) in [7, 11) is 0.